The van der Waals surface area contributed by atoms with Crippen molar-refractivity contribution in [2.24, 2.45) is 17.8 Å². The number of nitrogens with zero attached hydrogens (tertiary/aromatic N) is 5. The molecule has 3 aromatic rings. The largest absolute Gasteiger partial charge is 0.452 e. The smallest absolute Gasteiger partial charge is 0.338 e. The van der Waals surface area contributed by atoms with Crippen LogP contribution in [0.5, 0.6) is 0 Å². The highest BCUT2D eigenvalue weighted by molar-refractivity contribution is 5.92. The summed E-state index contributed by atoms with van der Waals surface area (Å²) >= 11 is 0. The molecule has 0 spiro atoms. The molecule has 9 heteroatoms. The van der Waals surface area contributed by atoms with Crippen LogP contribution in [0.15, 0.2) is 54.9 Å². The molecule has 0 aliphatic heterocycles. The van der Waals surface area contributed by atoms with Gasteiger partial charge in [-0.1, -0.05) is 18.2 Å². The fraction of sp³-hybridized carbons (Fsp3) is 0.444. The van der Waals surface area contributed by atoms with E-state index in [0.717, 1.165) is 24.8 Å². The van der Waals surface area contributed by atoms with Gasteiger partial charge in [-0.25, -0.2) is 13.9 Å². The molecule has 0 N–H and O–H groups in total. The molecule has 4 fully saturated rings. The Bertz CT molecular complexity index is 1230. The molecule has 4 aliphatic carbocycles. The van der Waals surface area contributed by atoms with E-state index in [2.05, 4.69) is 15.5 Å². The van der Waals surface area contributed by atoms with E-state index in [4.69, 9.17) is 4.74 Å². The van der Waals surface area contributed by atoms with E-state index in [1.54, 1.807) is 36.4 Å². The summed E-state index contributed by atoms with van der Waals surface area (Å²) in [4.78, 5) is 28.4. The normalized spacial score (nSPS) is 26.1. The summed E-state index contributed by atoms with van der Waals surface area (Å²) in [6, 6.07) is 13.1. The fourth-order valence-electron chi connectivity index (χ4n) is 7.03. The highest BCUT2D eigenvalue weighted by Gasteiger charge is 2.54. The molecule has 4 bridgehead atoms. The van der Waals surface area contributed by atoms with Gasteiger partial charge in [0.25, 0.3) is 5.91 Å². The number of carbonyl (C=O) groups excluding carboxylic acids is 2. The lowest BCUT2D eigenvalue weighted by Gasteiger charge is -2.60. The SMILES string of the molecule is O=C(OCC(=O)N(Cc1ccc(F)cc1)C12CC3CC(CC(C3)C1)C2)c1cccc(-n2cnnn2)c1. The maximum atomic E-state index is 13.7. The third-order valence-electron chi connectivity index (χ3n) is 8.16. The van der Waals surface area contributed by atoms with Crippen LogP contribution >= 0.6 is 0 Å². The Balaban J connectivity index is 1.20. The number of halogens is 1. The van der Waals surface area contributed by atoms with Crippen LogP contribution in [0.4, 0.5) is 4.39 Å². The van der Waals surface area contributed by atoms with Crippen LogP contribution in [0.25, 0.3) is 5.69 Å². The maximum absolute atomic E-state index is 13.7. The van der Waals surface area contributed by atoms with Gasteiger partial charge in [-0.3, -0.25) is 4.79 Å². The van der Waals surface area contributed by atoms with Crippen LogP contribution in [0.3, 0.4) is 0 Å². The average molecular weight is 490 g/mol. The van der Waals surface area contributed by atoms with Crippen molar-refractivity contribution in [3.63, 3.8) is 0 Å². The predicted octanol–water partition coefficient (Wildman–Crippen LogP) is 3.96. The minimum absolute atomic E-state index is 0.203. The van der Waals surface area contributed by atoms with Gasteiger partial charge in [0.2, 0.25) is 0 Å². The lowest BCUT2D eigenvalue weighted by Crippen LogP contribution is -2.61. The zero-order chi connectivity index (χ0) is 24.7. The number of carbonyl (C=O) groups is 2. The van der Waals surface area contributed by atoms with Crippen LogP contribution in [0.1, 0.15) is 54.4 Å². The number of aromatic nitrogens is 4. The molecule has 4 aliphatic rings. The summed E-state index contributed by atoms with van der Waals surface area (Å²) in [5.74, 6) is 0.866. The van der Waals surface area contributed by atoms with Crippen molar-refractivity contribution in [1.29, 1.82) is 0 Å². The Kier molecular flexibility index (Phi) is 5.78. The van der Waals surface area contributed by atoms with E-state index in [1.807, 2.05) is 4.90 Å². The number of benzene rings is 2. The van der Waals surface area contributed by atoms with Crippen molar-refractivity contribution in [2.45, 2.75) is 50.6 Å². The van der Waals surface area contributed by atoms with Gasteiger partial charge < -0.3 is 9.64 Å². The van der Waals surface area contributed by atoms with Gasteiger partial charge in [0.05, 0.1) is 11.3 Å². The molecular weight excluding hydrogens is 461 g/mol. The zero-order valence-corrected chi connectivity index (χ0v) is 19.9. The fourth-order valence-corrected chi connectivity index (χ4v) is 7.03. The maximum Gasteiger partial charge on any atom is 0.338 e. The van der Waals surface area contributed by atoms with Crippen LogP contribution < -0.4 is 0 Å². The Morgan fingerprint density at radius 3 is 2.36 bits per heavy atom. The van der Waals surface area contributed by atoms with Gasteiger partial charge in [-0.15, -0.1) is 5.10 Å². The van der Waals surface area contributed by atoms with Gasteiger partial charge in [0.15, 0.2) is 6.61 Å². The lowest BCUT2D eigenvalue weighted by atomic mass is 9.52. The standard InChI is InChI=1S/C27H28FN5O3/c28-23-6-4-18(5-7-23)15-32(27-12-19-8-20(13-27)10-21(9-19)14-27)25(34)16-36-26(35)22-2-1-3-24(11-22)33-17-29-30-31-33/h1-7,11,17,19-21H,8-10,12-16H2. The summed E-state index contributed by atoms with van der Waals surface area (Å²) in [6.07, 6.45) is 8.18. The van der Waals surface area contributed by atoms with E-state index in [-0.39, 0.29) is 23.9 Å². The number of amides is 1. The lowest BCUT2D eigenvalue weighted by molar-refractivity contribution is -0.155. The molecule has 1 heterocycles. The van der Waals surface area contributed by atoms with E-state index in [1.165, 1.54) is 42.4 Å². The summed E-state index contributed by atoms with van der Waals surface area (Å²) in [6.45, 7) is 0.0501. The predicted molar refractivity (Wildman–Crippen MR) is 127 cm³/mol. The molecule has 1 aromatic heterocycles. The highest BCUT2D eigenvalue weighted by Crippen LogP contribution is 2.58. The first-order chi connectivity index (χ1) is 17.5. The van der Waals surface area contributed by atoms with Gasteiger partial charge in [0, 0.05) is 12.1 Å². The molecule has 36 heavy (non-hydrogen) atoms. The first-order valence-corrected chi connectivity index (χ1v) is 12.5. The number of tetrazole rings is 1. The summed E-state index contributed by atoms with van der Waals surface area (Å²) in [5, 5.41) is 11.1. The van der Waals surface area contributed by atoms with Crippen LogP contribution in [-0.4, -0.2) is 49.1 Å². The first-order valence-electron chi connectivity index (χ1n) is 12.5. The number of hydrogen-bond donors (Lipinski definition) is 0. The quantitative estimate of drug-likeness (QED) is 0.467. The number of ether oxygens (including phenoxy) is 1. The molecule has 186 valence electrons. The van der Waals surface area contributed by atoms with Gasteiger partial charge in [-0.05, 0) is 103 Å². The average Bonchev–Trinajstić information content (AvgIpc) is 3.41. The van der Waals surface area contributed by atoms with Crippen LogP contribution in [-0.2, 0) is 16.1 Å². The summed E-state index contributed by atoms with van der Waals surface area (Å²) in [7, 11) is 0. The van der Waals surface area contributed by atoms with Crippen molar-refractivity contribution in [3.8, 4) is 5.69 Å². The molecule has 4 saturated carbocycles. The van der Waals surface area contributed by atoms with Crippen molar-refractivity contribution in [2.75, 3.05) is 6.61 Å². The number of rotatable bonds is 7. The number of esters is 1. The minimum Gasteiger partial charge on any atom is -0.452 e. The molecule has 8 nitrogen and oxygen atoms in total. The monoisotopic (exact) mass is 489 g/mol. The highest BCUT2D eigenvalue weighted by atomic mass is 19.1. The van der Waals surface area contributed by atoms with Crippen LogP contribution in [0.2, 0.25) is 0 Å². The molecule has 1 amide bonds. The minimum atomic E-state index is -0.578. The Morgan fingerprint density at radius 1 is 1.03 bits per heavy atom. The Hall–Kier alpha value is -3.62. The second-order valence-electron chi connectivity index (χ2n) is 10.6. The third-order valence-corrected chi connectivity index (χ3v) is 8.16. The van der Waals surface area contributed by atoms with Crippen molar-refractivity contribution < 1.29 is 18.7 Å². The Morgan fingerprint density at radius 2 is 1.72 bits per heavy atom. The molecule has 0 atom stereocenters. The van der Waals surface area contributed by atoms with E-state index < -0.39 is 5.97 Å². The second-order valence-corrected chi connectivity index (χ2v) is 10.6. The van der Waals surface area contributed by atoms with Gasteiger partial charge >= 0.3 is 5.97 Å². The molecule has 0 saturated heterocycles. The first kappa shape index (κ1) is 22.8. The topological polar surface area (TPSA) is 90.2 Å². The van der Waals surface area contributed by atoms with Crippen molar-refractivity contribution in [3.05, 3.63) is 71.8 Å². The van der Waals surface area contributed by atoms with E-state index in [9.17, 15) is 14.0 Å². The molecule has 0 unspecified atom stereocenters. The molecule has 2 aromatic carbocycles. The second kappa shape index (κ2) is 9.11. The van der Waals surface area contributed by atoms with E-state index in [0.29, 0.717) is 35.5 Å². The Labute approximate surface area is 208 Å². The number of hydrogen-bond acceptors (Lipinski definition) is 6. The summed E-state index contributed by atoms with van der Waals surface area (Å²) < 4.78 is 20.5. The third kappa shape index (κ3) is 4.38. The molecule has 0 radical (unpaired) electrons. The van der Waals surface area contributed by atoms with Gasteiger partial charge in [0.1, 0.15) is 12.1 Å². The van der Waals surface area contributed by atoms with Crippen molar-refractivity contribution in [1.82, 2.24) is 25.1 Å². The van der Waals surface area contributed by atoms with Crippen LogP contribution in [0, 0.1) is 23.6 Å². The van der Waals surface area contributed by atoms with Crippen molar-refractivity contribution >= 4 is 11.9 Å². The summed E-state index contributed by atoms with van der Waals surface area (Å²) in [5.41, 5.74) is 1.59. The van der Waals surface area contributed by atoms with Gasteiger partial charge in [-0.2, -0.15) is 0 Å². The zero-order valence-electron chi connectivity index (χ0n) is 19.9. The van der Waals surface area contributed by atoms with E-state index >= 15 is 0 Å². The molecule has 7 rings (SSSR count). The molecular formula is C27H28FN5O3.